The summed E-state index contributed by atoms with van der Waals surface area (Å²) >= 11 is 0. The third-order valence-corrected chi connectivity index (χ3v) is 3.16. The Hall–Kier alpha value is 0.0649. The Morgan fingerprint density at radius 1 is 1.30 bits per heavy atom. The van der Waals surface area contributed by atoms with Crippen LogP contribution in [-0.2, 0) is 0 Å². The molecular weight excluding hydrogens is 119 g/mol. The van der Waals surface area contributed by atoms with E-state index in [-0.39, 0.29) is 0 Å². The average molecular weight is 138 g/mol. The summed E-state index contributed by atoms with van der Waals surface area (Å²) in [4.78, 5) is 0. The molecule has 1 saturated heterocycles. The highest BCUT2D eigenvalue weighted by Crippen LogP contribution is 2.48. The lowest BCUT2D eigenvalue weighted by molar-refractivity contribution is 0.502. The molecule has 0 bridgehead atoms. The first kappa shape index (κ1) is 8.16. The first-order valence-corrected chi connectivity index (χ1v) is 4.83. The van der Waals surface area contributed by atoms with E-state index in [2.05, 4.69) is 20.8 Å². The second kappa shape index (κ2) is 3.45. The summed E-state index contributed by atoms with van der Waals surface area (Å²) in [6, 6.07) is 0. The van der Waals surface area contributed by atoms with Crippen LogP contribution in [0.3, 0.4) is 0 Å². The molecule has 0 aromatic rings. The van der Waals surface area contributed by atoms with Crippen LogP contribution in [0.15, 0.2) is 0 Å². The van der Waals surface area contributed by atoms with Gasteiger partial charge in [-0.3, -0.25) is 0 Å². The van der Waals surface area contributed by atoms with E-state index in [4.69, 9.17) is 0 Å². The van der Waals surface area contributed by atoms with Gasteiger partial charge in [0.25, 0.3) is 0 Å². The van der Waals surface area contributed by atoms with Crippen molar-refractivity contribution in [2.24, 2.45) is 5.92 Å². The molecule has 0 N–H and O–H groups in total. The fourth-order valence-corrected chi connectivity index (χ4v) is 2.21. The Kier molecular flexibility index (Phi) is 2.82. The first-order chi connectivity index (χ1) is 4.83. The van der Waals surface area contributed by atoms with Gasteiger partial charge >= 0.3 is 0 Å². The molecule has 1 unspecified atom stereocenters. The Morgan fingerprint density at radius 3 is 2.20 bits per heavy atom. The molecule has 0 aliphatic carbocycles. The molecule has 10 heavy (non-hydrogen) atoms. The molecule has 1 aliphatic rings. The molecule has 1 atom stereocenters. The van der Waals surface area contributed by atoms with Crippen LogP contribution in [0.5, 0.6) is 0 Å². The fraction of sp³-hybridized carbons (Fsp3) is 1.00. The SMILES string of the molecule is CCB1CC1C(CC)CC. The van der Waals surface area contributed by atoms with Gasteiger partial charge in [-0.1, -0.05) is 52.1 Å². The molecule has 1 rings (SSSR count). The van der Waals surface area contributed by atoms with Gasteiger partial charge in [0.15, 0.2) is 0 Å². The van der Waals surface area contributed by atoms with Crippen LogP contribution in [0.25, 0.3) is 0 Å². The highest BCUT2D eigenvalue weighted by atomic mass is 14.2. The molecular formula is C9H19B. The summed E-state index contributed by atoms with van der Waals surface area (Å²) in [5.74, 6) is 2.16. The van der Waals surface area contributed by atoms with E-state index in [1.807, 2.05) is 0 Å². The van der Waals surface area contributed by atoms with E-state index in [9.17, 15) is 0 Å². The molecule has 1 fully saturated rings. The van der Waals surface area contributed by atoms with E-state index >= 15 is 0 Å². The van der Waals surface area contributed by atoms with E-state index < -0.39 is 0 Å². The van der Waals surface area contributed by atoms with E-state index in [1.54, 1.807) is 0 Å². The molecule has 58 valence electrons. The second-order valence-electron chi connectivity index (χ2n) is 3.64. The minimum absolute atomic E-state index is 1.05. The second-order valence-corrected chi connectivity index (χ2v) is 3.64. The van der Waals surface area contributed by atoms with Crippen molar-refractivity contribution in [3.05, 3.63) is 0 Å². The van der Waals surface area contributed by atoms with Gasteiger partial charge in [-0.15, -0.1) is 0 Å². The van der Waals surface area contributed by atoms with Gasteiger partial charge in [0.2, 0.25) is 0 Å². The van der Waals surface area contributed by atoms with Gasteiger partial charge in [-0.25, -0.2) is 0 Å². The van der Waals surface area contributed by atoms with Crippen LogP contribution in [0.1, 0.15) is 33.6 Å². The molecule has 0 amide bonds. The summed E-state index contributed by atoms with van der Waals surface area (Å²) in [6.45, 7) is 8.09. The summed E-state index contributed by atoms with van der Waals surface area (Å²) in [5, 5.41) is 0. The topological polar surface area (TPSA) is 0 Å². The van der Waals surface area contributed by atoms with Gasteiger partial charge in [0, 0.05) is 0 Å². The van der Waals surface area contributed by atoms with Crippen LogP contribution in [0.4, 0.5) is 0 Å². The van der Waals surface area contributed by atoms with Gasteiger partial charge in [-0.2, -0.15) is 0 Å². The molecule has 0 aromatic carbocycles. The van der Waals surface area contributed by atoms with Gasteiger partial charge < -0.3 is 0 Å². The predicted octanol–water partition coefficient (Wildman–Crippen LogP) is 3.32. The molecule has 1 heteroatoms. The third-order valence-electron chi connectivity index (χ3n) is 3.16. The van der Waals surface area contributed by atoms with Crippen molar-refractivity contribution in [3.63, 3.8) is 0 Å². The van der Waals surface area contributed by atoms with E-state index in [0.717, 1.165) is 18.4 Å². The highest BCUT2D eigenvalue weighted by molar-refractivity contribution is 6.71. The Balaban J connectivity index is 2.22. The monoisotopic (exact) mass is 138 g/mol. The molecule has 0 nitrogen and oxygen atoms in total. The lowest BCUT2D eigenvalue weighted by Crippen LogP contribution is -1.99. The molecule has 0 aromatic heterocycles. The van der Waals surface area contributed by atoms with Crippen LogP contribution in [0, 0.1) is 5.92 Å². The zero-order valence-electron chi connectivity index (χ0n) is 7.56. The summed E-state index contributed by atoms with van der Waals surface area (Å²) in [7, 11) is 0. The van der Waals surface area contributed by atoms with Gasteiger partial charge in [0.1, 0.15) is 6.71 Å². The van der Waals surface area contributed by atoms with E-state index in [0.29, 0.717) is 0 Å². The lowest BCUT2D eigenvalue weighted by Gasteiger charge is -2.10. The standard InChI is InChI=1S/C9H19B/c1-4-8(5-2)9-7-10(9)6-3/h8-9H,4-7H2,1-3H3. The van der Waals surface area contributed by atoms with Crippen LogP contribution < -0.4 is 0 Å². The van der Waals surface area contributed by atoms with Crippen molar-refractivity contribution < 1.29 is 0 Å². The van der Waals surface area contributed by atoms with Crippen molar-refractivity contribution in [2.45, 2.75) is 52.1 Å². The van der Waals surface area contributed by atoms with Crippen molar-refractivity contribution in [1.82, 2.24) is 0 Å². The Morgan fingerprint density at radius 2 is 1.90 bits per heavy atom. The molecule has 0 saturated carbocycles. The lowest BCUT2D eigenvalue weighted by atomic mass is 9.62. The Bertz CT molecular complexity index is 96.9. The maximum absolute atomic E-state index is 2.33. The van der Waals surface area contributed by atoms with Gasteiger partial charge in [-0.05, 0) is 5.92 Å². The van der Waals surface area contributed by atoms with Crippen LogP contribution in [-0.4, -0.2) is 6.71 Å². The van der Waals surface area contributed by atoms with Crippen molar-refractivity contribution in [1.29, 1.82) is 0 Å². The maximum atomic E-state index is 2.33. The molecule has 1 aliphatic heterocycles. The quantitative estimate of drug-likeness (QED) is 0.522. The third kappa shape index (κ3) is 1.56. The first-order valence-electron chi connectivity index (χ1n) is 4.83. The summed E-state index contributed by atoms with van der Waals surface area (Å²) in [6.07, 6.45) is 5.75. The zero-order valence-corrected chi connectivity index (χ0v) is 7.56. The van der Waals surface area contributed by atoms with Crippen LogP contribution in [0.2, 0.25) is 18.5 Å². The van der Waals surface area contributed by atoms with Crippen molar-refractivity contribution in [3.8, 4) is 0 Å². The molecule has 1 heterocycles. The van der Waals surface area contributed by atoms with Crippen LogP contribution >= 0.6 is 0 Å². The number of rotatable bonds is 4. The summed E-state index contributed by atoms with van der Waals surface area (Å²) < 4.78 is 0. The highest BCUT2D eigenvalue weighted by Gasteiger charge is 2.42. The number of hydrogen-bond donors (Lipinski definition) is 0. The molecule has 0 radical (unpaired) electrons. The zero-order chi connectivity index (χ0) is 7.56. The fourth-order valence-electron chi connectivity index (χ4n) is 2.21. The van der Waals surface area contributed by atoms with Crippen molar-refractivity contribution >= 4 is 6.71 Å². The van der Waals surface area contributed by atoms with Crippen molar-refractivity contribution in [2.75, 3.05) is 0 Å². The number of hydrogen-bond acceptors (Lipinski definition) is 0. The minimum atomic E-state index is 1.05. The smallest absolute Gasteiger partial charge is 0.0773 e. The maximum Gasteiger partial charge on any atom is 0.142 e. The minimum Gasteiger partial charge on any atom is -0.0773 e. The summed E-state index contributed by atoms with van der Waals surface area (Å²) in [5.41, 5.74) is 0. The van der Waals surface area contributed by atoms with Gasteiger partial charge in [0.05, 0.1) is 0 Å². The average Bonchev–Trinajstić information content (AvgIpc) is 2.70. The Labute approximate surface area is 65.5 Å². The normalized spacial score (nSPS) is 24.0. The largest absolute Gasteiger partial charge is 0.142 e. The predicted molar refractivity (Wildman–Crippen MR) is 48.9 cm³/mol. The molecule has 0 spiro atoms. The van der Waals surface area contributed by atoms with E-state index in [1.165, 1.54) is 25.5 Å².